The predicted octanol–water partition coefficient (Wildman–Crippen LogP) is 6.68. The Morgan fingerprint density at radius 2 is 1.57 bits per heavy atom. The molecule has 5 nitrogen and oxygen atoms in total. The van der Waals surface area contributed by atoms with Crippen molar-refractivity contribution in [2.24, 2.45) is 0 Å². The van der Waals surface area contributed by atoms with Crippen molar-refractivity contribution >= 4 is 23.0 Å². The average Bonchev–Trinajstić information content (AvgIpc) is 3.12. The third-order valence-corrected chi connectivity index (χ3v) is 6.78. The largest absolute Gasteiger partial charge is 0.456 e. The van der Waals surface area contributed by atoms with Gasteiger partial charge < -0.3 is 19.7 Å². The number of anilines is 3. The van der Waals surface area contributed by atoms with Crippen LogP contribution in [0.15, 0.2) is 78.9 Å². The maximum absolute atomic E-state index is 13.2. The van der Waals surface area contributed by atoms with E-state index in [1.807, 2.05) is 86.6 Å². The van der Waals surface area contributed by atoms with Crippen molar-refractivity contribution in [1.29, 1.82) is 0 Å². The zero-order valence-corrected chi connectivity index (χ0v) is 20.2. The lowest BCUT2D eigenvalue weighted by Crippen LogP contribution is -2.34. The van der Waals surface area contributed by atoms with Crippen LogP contribution in [0.2, 0.25) is 0 Å². The number of nitrogens with zero attached hydrogens (tertiary/aromatic N) is 1. The SMILES string of the molecule is Cc1ccc(Nc2cc(C)cc3c2C2(OC(=O)c4ccccc42)c2ccc(N(C)C)cc2O3)cc1. The first kappa shape index (κ1) is 21.3. The van der Waals surface area contributed by atoms with Gasteiger partial charge in [-0.15, -0.1) is 0 Å². The monoisotopic (exact) mass is 462 g/mol. The highest BCUT2D eigenvalue weighted by Gasteiger charge is 2.54. The number of rotatable bonds is 3. The summed E-state index contributed by atoms with van der Waals surface area (Å²) in [4.78, 5) is 15.2. The van der Waals surface area contributed by atoms with Crippen LogP contribution < -0.4 is 15.0 Å². The molecule has 0 saturated heterocycles. The highest BCUT2D eigenvalue weighted by molar-refractivity contribution is 5.97. The van der Waals surface area contributed by atoms with Crippen molar-refractivity contribution in [2.45, 2.75) is 19.4 Å². The van der Waals surface area contributed by atoms with Crippen LogP contribution in [0.25, 0.3) is 0 Å². The highest BCUT2D eigenvalue weighted by Crippen LogP contribution is 2.59. The van der Waals surface area contributed by atoms with Crippen LogP contribution >= 0.6 is 0 Å². The number of hydrogen-bond acceptors (Lipinski definition) is 5. The van der Waals surface area contributed by atoms with E-state index in [0.717, 1.165) is 39.3 Å². The van der Waals surface area contributed by atoms with E-state index in [4.69, 9.17) is 9.47 Å². The summed E-state index contributed by atoms with van der Waals surface area (Å²) >= 11 is 0. The number of benzene rings is 4. The normalized spacial score (nSPS) is 17.2. The number of carbonyl (C=O) groups is 1. The van der Waals surface area contributed by atoms with E-state index in [9.17, 15) is 4.79 Å². The zero-order valence-electron chi connectivity index (χ0n) is 20.2. The van der Waals surface area contributed by atoms with Crippen molar-refractivity contribution < 1.29 is 14.3 Å². The van der Waals surface area contributed by atoms with Gasteiger partial charge in [0.15, 0.2) is 5.60 Å². The van der Waals surface area contributed by atoms with Gasteiger partial charge in [-0.25, -0.2) is 4.79 Å². The third-order valence-electron chi connectivity index (χ3n) is 6.78. The van der Waals surface area contributed by atoms with Crippen molar-refractivity contribution in [3.05, 3.63) is 112 Å². The highest BCUT2D eigenvalue weighted by atomic mass is 16.6. The zero-order chi connectivity index (χ0) is 24.3. The molecule has 0 radical (unpaired) electrons. The van der Waals surface area contributed by atoms with Gasteiger partial charge in [-0.1, -0.05) is 35.9 Å². The summed E-state index contributed by atoms with van der Waals surface area (Å²) in [6.07, 6.45) is 0. The van der Waals surface area contributed by atoms with Crippen LogP contribution in [-0.2, 0) is 10.3 Å². The van der Waals surface area contributed by atoms with E-state index >= 15 is 0 Å². The summed E-state index contributed by atoms with van der Waals surface area (Å²) in [7, 11) is 3.99. The van der Waals surface area contributed by atoms with Crippen molar-refractivity contribution in [2.75, 3.05) is 24.3 Å². The molecule has 1 N–H and O–H groups in total. The lowest BCUT2D eigenvalue weighted by Gasteiger charge is -2.38. The van der Waals surface area contributed by atoms with E-state index in [1.54, 1.807) is 0 Å². The fourth-order valence-corrected chi connectivity index (χ4v) is 5.11. The maximum atomic E-state index is 13.2. The lowest BCUT2D eigenvalue weighted by molar-refractivity contribution is 0.0227. The van der Waals surface area contributed by atoms with Gasteiger partial charge in [0.25, 0.3) is 0 Å². The van der Waals surface area contributed by atoms with Gasteiger partial charge >= 0.3 is 5.97 Å². The Hall–Kier alpha value is -4.25. The standard InChI is InChI=1S/C30H26N2O3/c1-18-9-11-20(12-10-18)31-25-15-19(2)16-27-28(25)30(23-8-6-5-7-22(23)29(33)35-30)24-14-13-21(32(3)4)17-26(24)34-27/h5-17,31H,1-4H3. The van der Waals surface area contributed by atoms with Gasteiger partial charge in [0.2, 0.25) is 0 Å². The Balaban J connectivity index is 1.65. The molecule has 1 atom stereocenters. The molecule has 6 rings (SSSR count). The molecule has 0 bridgehead atoms. The number of fused-ring (bicyclic) bond motifs is 6. The molecule has 5 heteroatoms. The molecule has 1 unspecified atom stereocenters. The molecule has 2 aliphatic heterocycles. The number of esters is 1. The first-order chi connectivity index (χ1) is 16.9. The molecular weight excluding hydrogens is 436 g/mol. The first-order valence-corrected chi connectivity index (χ1v) is 11.7. The van der Waals surface area contributed by atoms with Crippen LogP contribution in [0.4, 0.5) is 17.1 Å². The number of nitrogens with one attached hydrogen (secondary N) is 1. The van der Waals surface area contributed by atoms with E-state index in [-0.39, 0.29) is 5.97 Å². The molecule has 35 heavy (non-hydrogen) atoms. The molecule has 0 saturated carbocycles. The summed E-state index contributed by atoms with van der Waals surface area (Å²) < 4.78 is 12.9. The van der Waals surface area contributed by atoms with Gasteiger partial charge in [-0.2, -0.15) is 0 Å². The number of aryl methyl sites for hydroxylation is 2. The molecular formula is C30H26N2O3. The summed E-state index contributed by atoms with van der Waals surface area (Å²) in [5, 5.41) is 3.58. The molecule has 0 fully saturated rings. The van der Waals surface area contributed by atoms with Gasteiger partial charge in [-0.3, -0.25) is 0 Å². The van der Waals surface area contributed by atoms with Gasteiger partial charge in [-0.05, 0) is 61.9 Å². The average molecular weight is 463 g/mol. The topological polar surface area (TPSA) is 50.8 Å². The van der Waals surface area contributed by atoms with Crippen LogP contribution in [0.5, 0.6) is 11.5 Å². The predicted molar refractivity (Wildman–Crippen MR) is 138 cm³/mol. The summed E-state index contributed by atoms with van der Waals surface area (Å²) in [5.74, 6) is 1.02. The van der Waals surface area contributed by atoms with E-state index in [2.05, 4.69) is 30.4 Å². The minimum Gasteiger partial charge on any atom is -0.456 e. The number of carbonyl (C=O) groups excluding carboxylic acids is 1. The lowest BCUT2D eigenvalue weighted by atomic mass is 9.76. The van der Waals surface area contributed by atoms with Crippen molar-refractivity contribution in [3.63, 3.8) is 0 Å². The molecule has 4 aromatic carbocycles. The minimum absolute atomic E-state index is 0.335. The second kappa shape index (κ2) is 7.64. The Labute approximate surface area is 204 Å². The van der Waals surface area contributed by atoms with Crippen molar-refractivity contribution in [3.8, 4) is 11.5 Å². The molecule has 4 aromatic rings. The quantitative estimate of drug-likeness (QED) is 0.344. The van der Waals surface area contributed by atoms with E-state index < -0.39 is 5.60 Å². The van der Waals surface area contributed by atoms with Crippen LogP contribution in [-0.4, -0.2) is 20.1 Å². The van der Waals surface area contributed by atoms with Crippen LogP contribution in [0, 0.1) is 13.8 Å². The Morgan fingerprint density at radius 3 is 2.34 bits per heavy atom. The second-order valence-electron chi connectivity index (χ2n) is 9.47. The van der Waals surface area contributed by atoms with Crippen LogP contribution in [0.3, 0.4) is 0 Å². The van der Waals surface area contributed by atoms with Gasteiger partial charge in [0, 0.05) is 42.7 Å². The fourth-order valence-electron chi connectivity index (χ4n) is 5.11. The Kier molecular flexibility index (Phi) is 4.65. The first-order valence-electron chi connectivity index (χ1n) is 11.7. The van der Waals surface area contributed by atoms with E-state index in [0.29, 0.717) is 17.1 Å². The summed E-state index contributed by atoms with van der Waals surface area (Å²) in [6.45, 7) is 4.10. The van der Waals surface area contributed by atoms with E-state index in [1.165, 1.54) is 5.56 Å². The van der Waals surface area contributed by atoms with Gasteiger partial charge in [0.1, 0.15) is 11.5 Å². The molecule has 0 amide bonds. The molecule has 0 aliphatic carbocycles. The smallest absolute Gasteiger partial charge is 0.340 e. The molecule has 0 aromatic heterocycles. The molecule has 2 heterocycles. The Morgan fingerprint density at radius 1 is 0.800 bits per heavy atom. The fraction of sp³-hybridized carbons (Fsp3) is 0.167. The van der Waals surface area contributed by atoms with Gasteiger partial charge in [0.05, 0.1) is 16.8 Å². The summed E-state index contributed by atoms with van der Waals surface area (Å²) in [5.41, 5.74) is 6.91. The molecule has 174 valence electrons. The molecule has 2 aliphatic rings. The molecule has 1 spiro atoms. The number of hydrogen-bond donors (Lipinski definition) is 1. The number of ether oxygens (including phenoxy) is 2. The van der Waals surface area contributed by atoms with Crippen molar-refractivity contribution in [1.82, 2.24) is 0 Å². The minimum atomic E-state index is -1.12. The second-order valence-corrected chi connectivity index (χ2v) is 9.47. The maximum Gasteiger partial charge on any atom is 0.340 e. The van der Waals surface area contributed by atoms with Crippen LogP contribution in [0.1, 0.15) is 38.2 Å². The summed E-state index contributed by atoms with van der Waals surface area (Å²) in [6, 6.07) is 26.0. The third kappa shape index (κ3) is 3.19. The Bertz CT molecular complexity index is 1490.